The molecule has 0 aliphatic carbocycles. The normalized spacial score (nSPS) is 19.2. The van der Waals surface area contributed by atoms with Gasteiger partial charge in [0.25, 0.3) is 5.91 Å². The predicted molar refractivity (Wildman–Crippen MR) is 90.0 cm³/mol. The smallest absolute Gasteiger partial charge is 0.324 e. The lowest BCUT2D eigenvalue weighted by Gasteiger charge is -2.02. The van der Waals surface area contributed by atoms with Crippen LogP contribution < -0.4 is 0 Å². The van der Waals surface area contributed by atoms with Gasteiger partial charge in [-0.15, -0.1) is 5.11 Å². The summed E-state index contributed by atoms with van der Waals surface area (Å²) in [6.45, 7) is 0. The first-order chi connectivity index (χ1) is 11.6. The number of carboxylic acids is 1. The second kappa shape index (κ2) is 11.2. The maximum Gasteiger partial charge on any atom is 0.324 e. The number of allylic oxidation sites excluding steroid dienone is 13. The average Bonchev–Trinajstić information content (AvgIpc) is 2.53. The van der Waals surface area contributed by atoms with Gasteiger partial charge in [0, 0.05) is 6.20 Å². The number of azo groups is 1. The predicted octanol–water partition coefficient (Wildman–Crippen LogP) is 3.10. The van der Waals surface area contributed by atoms with Gasteiger partial charge in [-0.3, -0.25) is 14.4 Å². The Balaban J connectivity index is 3.02. The van der Waals surface area contributed by atoms with E-state index in [1.807, 2.05) is 18.2 Å². The molecule has 1 unspecified atom stereocenters. The molecule has 0 fully saturated rings. The van der Waals surface area contributed by atoms with Crippen molar-refractivity contribution in [3.8, 4) is 0 Å². The Morgan fingerprint density at radius 3 is 1.75 bits per heavy atom. The van der Waals surface area contributed by atoms with Gasteiger partial charge >= 0.3 is 5.97 Å². The fourth-order valence-electron chi connectivity index (χ4n) is 1.47. The van der Waals surface area contributed by atoms with Crippen molar-refractivity contribution in [2.24, 2.45) is 16.1 Å². The Hall–Kier alpha value is -3.41. The Labute approximate surface area is 139 Å². The second-order valence-corrected chi connectivity index (χ2v) is 4.35. The summed E-state index contributed by atoms with van der Waals surface area (Å²) >= 11 is 0. The van der Waals surface area contributed by atoms with Gasteiger partial charge in [-0.1, -0.05) is 66.8 Å². The summed E-state index contributed by atoms with van der Waals surface area (Å²) in [5.74, 6) is -5.46. The minimum absolute atomic E-state index is 0.869. The molecule has 0 saturated carbocycles. The van der Waals surface area contributed by atoms with Crippen LogP contribution in [0.15, 0.2) is 95.4 Å². The van der Waals surface area contributed by atoms with Gasteiger partial charge in [0.05, 0.1) is 0 Å². The van der Waals surface area contributed by atoms with Crippen molar-refractivity contribution in [2.75, 3.05) is 0 Å². The number of aliphatic carboxylic acids is 1. The first-order valence-corrected chi connectivity index (χ1v) is 7.01. The van der Waals surface area contributed by atoms with Crippen molar-refractivity contribution in [1.82, 2.24) is 0 Å². The summed E-state index contributed by atoms with van der Waals surface area (Å²) in [6.07, 6.45) is 22.5. The van der Waals surface area contributed by atoms with Crippen molar-refractivity contribution in [1.29, 1.82) is 0 Å². The van der Waals surface area contributed by atoms with E-state index in [-0.39, 0.29) is 0 Å². The molecule has 1 aliphatic heterocycles. The number of ketones is 1. The van der Waals surface area contributed by atoms with Crippen molar-refractivity contribution < 1.29 is 19.5 Å². The summed E-state index contributed by atoms with van der Waals surface area (Å²) < 4.78 is 0. The Morgan fingerprint density at radius 1 is 0.792 bits per heavy atom. The molecule has 0 spiro atoms. The molecule has 0 aromatic carbocycles. The molecule has 122 valence electrons. The lowest BCUT2D eigenvalue weighted by molar-refractivity contribution is -0.149. The number of carboxylic acid groups (broad SMARTS) is 1. The van der Waals surface area contributed by atoms with Gasteiger partial charge in [0.2, 0.25) is 5.92 Å². The lowest BCUT2D eigenvalue weighted by atomic mass is 10.0. The van der Waals surface area contributed by atoms with E-state index in [1.165, 1.54) is 18.4 Å². The first-order valence-electron chi connectivity index (χ1n) is 7.01. The molecule has 0 aromatic rings. The van der Waals surface area contributed by atoms with Crippen molar-refractivity contribution in [3.05, 3.63) is 85.2 Å². The molecule has 1 rings (SSSR count). The van der Waals surface area contributed by atoms with Gasteiger partial charge in [0.15, 0.2) is 5.78 Å². The number of amides is 1. The van der Waals surface area contributed by atoms with Crippen molar-refractivity contribution in [3.63, 3.8) is 0 Å². The lowest BCUT2D eigenvalue weighted by Crippen LogP contribution is -2.29. The molecule has 6 nitrogen and oxygen atoms in total. The number of carbonyl (C=O) groups excluding carboxylic acids is 2. The van der Waals surface area contributed by atoms with Crippen LogP contribution in [0.3, 0.4) is 0 Å². The van der Waals surface area contributed by atoms with E-state index < -0.39 is 23.6 Å². The first kappa shape index (κ1) is 18.6. The van der Waals surface area contributed by atoms with E-state index in [4.69, 9.17) is 5.11 Å². The quantitative estimate of drug-likeness (QED) is 0.750. The largest absolute Gasteiger partial charge is 0.480 e. The molecule has 0 bridgehead atoms. The maximum absolute atomic E-state index is 11.8. The maximum atomic E-state index is 11.8. The molecule has 0 saturated heterocycles. The third-order valence-electron chi connectivity index (χ3n) is 2.57. The molecular formula is C18H16N2O4. The standard InChI is InChI=1S/C18H16N2O4/c21-15-13-11-9-7-5-3-1-2-4-6-8-10-12-14-19-20-17(22)16(15)18(23)24/h1-14,16H,(H,23,24). The molecule has 1 N–H and O–H groups in total. The van der Waals surface area contributed by atoms with Gasteiger partial charge in [-0.25, -0.2) is 0 Å². The van der Waals surface area contributed by atoms with E-state index in [2.05, 4.69) is 10.2 Å². The molecule has 1 aliphatic rings. The summed E-state index contributed by atoms with van der Waals surface area (Å²) in [6, 6.07) is 0. The summed E-state index contributed by atoms with van der Waals surface area (Å²) in [4.78, 5) is 34.6. The van der Waals surface area contributed by atoms with Crippen LogP contribution >= 0.6 is 0 Å². The van der Waals surface area contributed by atoms with E-state index >= 15 is 0 Å². The van der Waals surface area contributed by atoms with Crippen LogP contribution in [-0.4, -0.2) is 22.8 Å². The third-order valence-corrected chi connectivity index (χ3v) is 2.57. The second-order valence-electron chi connectivity index (χ2n) is 4.35. The number of nitrogens with zero attached hydrogens (tertiary/aromatic N) is 2. The Kier molecular flexibility index (Phi) is 8.70. The van der Waals surface area contributed by atoms with Gasteiger partial charge in [-0.05, 0) is 12.2 Å². The fraction of sp³-hybridized carbons (Fsp3) is 0.0556. The van der Waals surface area contributed by atoms with E-state index in [1.54, 1.807) is 42.5 Å². The molecule has 0 aromatic heterocycles. The van der Waals surface area contributed by atoms with Gasteiger partial charge in [0.1, 0.15) is 0 Å². The fourth-order valence-corrected chi connectivity index (χ4v) is 1.47. The molecule has 1 atom stereocenters. The summed E-state index contributed by atoms with van der Waals surface area (Å²) in [7, 11) is 0. The number of hydrogen-bond donors (Lipinski definition) is 1. The number of rotatable bonds is 1. The highest BCUT2D eigenvalue weighted by Crippen LogP contribution is 2.05. The highest BCUT2D eigenvalue weighted by molar-refractivity contribution is 6.19. The zero-order valence-corrected chi connectivity index (χ0v) is 12.7. The zero-order valence-electron chi connectivity index (χ0n) is 12.7. The Bertz CT molecular complexity index is 651. The minimum Gasteiger partial charge on any atom is -0.480 e. The zero-order chi connectivity index (χ0) is 17.6. The van der Waals surface area contributed by atoms with Crippen LogP contribution in [-0.2, 0) is 14.4 Å². The van der Waals surface area contributed by atoms with Crippen LogP contribution in [0.25, 0.3) is 0 Å². The SMILES string of the molecule is O=C(O)C1C(=O)C=CC=CC=CC=CC=CC=CC=CN=NC1=O. The van der Waals surface area contributed by atoms with E-state index in [9.17, 15) is 14.4 Å². The molecule has 6 heteroatoms. The highest BCUT2D eigenvalue weighted by atomic mass is 16.4. The molecular weight excluding hydrogens is 308 g/mol. The average molecular weight is 324 g/mol. The minimum atomic E-state index is -1.90. The third kappa shape index (κ3) is 7.56. The summed E-state index contributed by atoms with van der Waals surface area (Å²) in [5, 5.41) is 15.7. The monoisotopic (exact) mass is 324 g/mol. The number of carbonyl (C=O) groups is 3. The number of hydrogen-bond acceptors (Lipinski definition) is 4. The van der Waals surface area contributed by atoms with Crippen LogP contribution in [0.5, 0.6) is 0 Å². The van der Waals surface area contributed by atoms with Crippen LogP contribution in [0.1, 0.15) is 0 Å². The molecule has 0 radical (unpaired) electrons. The highest BCUT2D eigenvalue weighted by Gasteiger charge is 2.32. The van der Waals surface area contributed by atoms with Gasteiger partial charge in [-0.2, -0.15) is 5.11 Å². The van der Waals surface area contributed by atoms with Crippen LogP contribution in [0.2, 0.25) is 0 Å². The van der Waals surface area contributed by atoms with E-state index in [0.29, 0.717) is 0 Å². The molecule has 1 heterocycles. The topological polar surface area (TPSA) is 96.2 Å². The van der Waals surface area contributed by atoms with Gasteiger partial charge < -0.3 is 5.11 Å². The summed E-state index contributed by atoms with van der Waals surface area (Å²) in [5.41, 5.74) is 0. The van der Waals surface area contributed by atoms with Crippen molar-refractivity contribution in [2.45, 2.75) is 0 Å². The molecule has 24 heavy (non-hydrogen) atoms. The van der Waals surface area contributed by atoms with Crippen LogP contribution in [0.4, 0.5) is 0 Å². The van der Waals surface area contributed by atoms with Crippen LogP contribution in [0, 0.1) is 5.92 Å². The van der Waals surface area contributed by atoms with Crippen molar-refractivity contribution >= 4 is 17.7 Å². The molecule has 1 amide bonds. The van der Waals surface area contributed by atoms with E-state index in [0.717, 1.165) is 6.08 Å². The Morgan fingerprint density at radius 2 is 1.25 bits per heavy atom.